The summed E-state index contributed by atoms with van der Waals surface area (Å²) >= 11 is 0. The Labute approximate surface area is 211 Å². The molecule has 0 saturated heterocycles. The van der Waals surface area contributed by atoms with E-state index in [-0.39, 0.29) is 17.9 Å². The molecule has 3 aromatic rings. The van der Waals surface area contributed by atoms with Crippen LogP contribution in [-0.4, -0.2) is 59.4 Å². The molecule has 36 heavy (non-hydrogen) atoms. The summed E-state index contributed by atoms with van der Waals surface area (Å²) < 4.78 is 13.8. The SMILES string of the molecule is CN(C)CCCNc1nc(=O)n(-c2ccc3c(c2)OCCO3)c(=O)n1Cc1ccc(C(C)(C)C)cc1. The summed E-state index contributed by atoms with van der Waals surface area (Å²) in [5.41, 5.74) is 1.45. The number of nitrogens with one attached hydrogen (secondary N) is 1. The van der Waals surface area contributed by atoms with Crippen molar-refractivity contribution in [2.45, 2.75) is 39.2 Å². The van der Waals surface area contributed by atoms with Crippen molar-refractivity contribution in [1.29, 1.82) is 0 Å². The lowest BCUT2D eigenvalue weighted by Crippen LogP contribution is -2.42. The minimum atomic E-state index is -0.647. The second-order valence-corrected chi connectivity index (χ2v) is 10.3. The first-order valence-corrected chi connectivity index (χ1v) is 12.3. The minimum Gasteiger partial charge on any atom is -0.486 e. The van der Waals surface area contributed by atoms with Crippen LogP contribution in [0.5, 0.6) is 11.5 Å². The fourth-order valence-electron chi connectivity index (χ4n) is 4.05. The summed E-state index contributed by atoms with van der Waals surface area (Å²) in [5, 5.41) is 3.20. The van der Waals surface area contributed by atoms with E-state index in [2.05, 4.69) is 48.1 Å². The highest BCUT2D eigenvalue weighted by Gasteiger charge is 2.19. The van der Waals surface area contributed by atoms with E-state index in [1.165, 1.54) is 10.1 Å². The molecule has 192 valence electrons. The van der Waals surface area contributed by atoms with Crippen LogP contribution in [0.1, 0.15) is 38.3 Å². The van der Waals surface area contributed by atoms with Crippen molar-refractivity contribution in [3.05, 3.63) is 74.6 Å². The molecule has 0 bridgehead atoms. The fraction of sp³-hybridized carbons (Fsp3) is 0.444. The van der Waals surface area contributed by atoms with Crippen LogP contribution in [-0.2, 0) is 12.0 Å². The molecular formula is C27H35N5O4. The summed E-state index contributed by atoms with van der Waals surface area (Å²) in [6.07, 6.45) is 0.842. The molecule has 0 fully saturated rings. The Hall–Kier alpha value is -3.59. The maximum Gasteiger partial charge on any atom is 0.359 e. The van der Waals surface area contributed by atoms with E-state index < -0.39 is 11.4 Å². The molecular weight excluding hydrogens is 458 g/mol. The number of hydrogen-bond donors (Lipinski definition) is 1. The Morgan fingerprint density at radius 2 is 1.69 bits per heavy atom. The lowest BCUT2D eigenvalue weighted by molar-refractivity contribution is 0.171. The Morgan fingerprint density at radius 3 is 2.36 bits per heavy atom. The smallest absolute Gasteiger partial charge is 0.359 e. The van der Waals surface area contributed by atoms with Crippen LogP contribution in [0.25, 0.3) is 5.69 Å². The van der Waals surface area contributed by atoms with E-state index in [9.17, 15) is 9.59 Å². The molecule has 0 radical (unpaired) electrons. The van der Waals surface area contributed by atoms with Crippen molar-refractivity contribution < 1.29 is 9.47 Å². The van der Waals surface area contributed by atoms with E-state index in [4.69, 9.17) is 9.47 Å². The topological polar surface area (TPSA) is 90.6 Å². The van der Waals surface area contributed by atoms with Gasteiger partial charge in [-0.3, -0.25) is 4.57 Å². The highest BCUT2D eigenvalue weighted by Crippen LogP contribution is 2.31. The van der Waals surface area contributed by atoms with Gasteiger partial charge < -0.3 is 19.7 Å². The number of rotatable bonds is 8. The summed E-state index contributed by atoms with van der Waals surface area (Å²) in [6, 6.07) is 13.2. The molecule has 1 aliphatic rings. The van der Waals surface area contributed by atoms with E-state index in [0.29, 0.717) is 36.9 Å². The van der Waals surface area contributed by atoms with Crippen molar-refractivity contribution >= 4 is 5.95 Å². The van der Waals surface area contributed by atoms with Crippen LogP contribution in [0.2, 0.25) is 0 Å². The Morgan fingerprint density at radius 1 is 1.00 bits per heavy atom. The van der Waals surface area contributed by atoms with Gasteiger partial charge in [-0.15, -0.1) is 0 Å². The zero-order chi connectivity index (χ0) is 25.9. The number of aromatic nitrogens is 3. The van der Waals surface area contributed by atoms with Gasteiger partial charge in [0.1, 0.15) is 13.2 Å². The standard InChI is InChI=1S/C27H35N5O4/c1-27(2,3)20-9-7-19(8-10-20)18-31-24(28-13-6-14-30(4)5)29-25(33)32(26(31)34)21-11-12-22-23(17-21)36-16-15-35-22/h7-12,17H,6,13-16,18H2,1-5H3,(H,28,29,33). The van der Waals surface area contributed by atoms with Crippen molar-refractivity contribution in [2.75, 3.05) is 45.7 Å². The van der Waals surface area contributed by atoms with Crippen LogP contribution in [0.3, 0.4) is 0 Å². The number of anilines is 1. The van der Waals surface area contributed by atoms with Gasteiger partial charge in [0, 0.05) is 12.6 Å². The third-order valence-electron chi connectivity index (χ3n) is 6.08. The van der Waals surface area contributed by atoms with Gasteiger partial charge in [-0.2, -0.15) is 4.98 Å². The molecule has 0 unspecified atom stereocenters. The molecule has 0 amide bonds. The monoisotopic (exact) mass is 493 g/mol. The molecule has 0 spiro atoms. The lowest BCUT2D eigenvalue weighted by atomic mass is 9.87. The van der Waals surface area contributed by atoms with Gasteiger partial charge in [-0.25, -0.2) is 14.2 Å². The number of ether oxygens (including phenoxy) is 2. The van der Waals surface area contributed by atoms with Crippen LogP contribution >= 0.6 is 0 Å². The van der Waals surface area contributed by atoms with Crippen molar-refractivity contribution in [3.8, 4) is 17.2 Å². The molecule has 0 atom stereocenters. The Bertz CT molecular complexity index is 1320. The molecule has 2 heterocycles. The van der Waals surface area contributed by atoms with Crippen LogP contribution < -0.4 is 26.2 Å². The Balaban J connectivity index is 1.73. The third kappa shape index (κ3) is 5.79. The highest BCUT2D eigenvalue weighted by molar-refractivity contribution is 5.49. The van der Waals surface area contributed by atoms with Gasteiger partial charge >= 0.3 is 11.4 Å². The predicted octanol–water partition coefficient (Wildman–Crippen LogP) is 2.87. The first-order valence-electron chi connectivity index (χ1n) is 12.3. The molecule has 0 aliphatic carbocycles. The van der Waals surface area contributed by atoms with Gasteiger partial charge in [0.2, 0.25) is 5.95 Å². The van der Waals surface area contributed by atoms with Crippen LogP contribution in [0.4, 0.5) is 5.95 Å². The van der Waals surface area contributed by atoms with E-state index >= 15 is 0 Å². The quantitative estimate of drug-likeness (QED) is 0.483. The number of nitrogens with zero attached hydrogens (tertiary/aromatic N) is 4. The first-order chi connectivity index (χ1) is 17.1. The van der Waals surface area contributed by atoms with Gasteiger partial charge in [0.05, 0.1) is 12.2 Å². The second kappa shape index (κ2) is 10.6. The van der Waals surface area contributed by atoms with Gasteiger partial charge in [0.25, 0.3) is 0 Å². The summed E-state index contributed by atoms with van der Waals surface area (Å²) in [6.45, 7) is 9.09. The molecule has 1 aromatic heterocycles. The van der Waals surface area contributed by atoms with Crippen molar-refractivity contribution in [1.82, 2.24) is 19.0 Å². The molecule has 1 aliphatic heterocycles. The average Bonchev–Trinajstić information content (AvgIpc) is 2.83. The Kier molecular flexibility index (Phi) is 7.49. The zero-order valence-corrected chi connectivity index (χ0v) is 21.7. The maximum atomic E-state index is 13.7. The maximum absolute atomic E-state index is 13.7. The zero-order valence-electron chi connectivity index (χ0n) is 21.7. The lowest BCUT2D eigenvalue weighted by Gasteiger charge is -2.20. The van der Waals surface area contributed by atoms with E-state index in [0.717, 1.165) is 23.1 Å². The first kappa shape index (κ1) is 25.5. The molecule has 1 N–H and O–H groups in total. The van der Waals surface area contributed by atoms with Crippen LogP contribution in [0.15, 0.2) is 52.1 Å². The number of hydrogen-bond acceptors (Lipinski definition) is 7. The van der Waals surface area contributed by atoms with Gasteiger partial charge in [-0.05, 0) is 55.7 Å². The van der Waals surface area contributed by atoms with Crippen LogP contribution in [0, 0.1) is 0 Å². The van der Waals surface area contributed by atoms with Crippen molar-refractivity contribution in [2.24, 2.45) is 0 Å². The predicted molar refractivity (Wildman–Crippen MR) is 141 cm³/mol. The third-order valence-corrected chi connectivity index (χ3v) is 6.08. The molecule has 0 saturated carbocycles. The molecule has 9 heteroatoms. The van der Waals surface area contributed by atoms with Gasteiger partial charge in [0.15, 0.2) is 11.5 Å². The second-order valence-electron chi connectivity index (χ2n) is 10.3. The largest absolute Gasteiger partial charge is 0.486 e. The highest BCUT2D eigenvalue weighted by atomic mass is 16.6. The number of benzene rings is 2. The van der Waals surface area contributed by atoms with E-state index in [1.54, 1.807) is 18.2 Å². The molecule has 4 rings (SSSR count). The van der Waals surface area contributed by atoms with Gasteiger partial charge in [-0.1, -0.05) is 45.0 Å². The minimum absolute atomic E-state index is 0.0293. The van der Waals surface area contributed by atoms with Crippen molar-refractivity contribution in [3.63, 3.8) is 0 Å². The summed E-state index contributed by atoms with van der Waals surface area (Å²) in [5.74, 6) is 1.35. The number of fused-ring (bicyclic) bond motifs is 1. The normalized spacial score (nSPS) is 13.2. The summed E-state index contributed by atoms with van der Waals surface area (Å²) in [7, 11) is 4.01. The fourth-order valence-corrected chi connectivity index (χ4v) is 4.05. The molecule has 2 aromatic carbocycles. The molecule has 9 nitrogen and oxygen atoms in total. The van der Waals surface area contributed by atoms with E-state index in [1.807, 2.05) is 26.2 Å². The average molecular weight is 494 g/mol. The summed E-state index contributed by atoms with van der Waals surface area (Å²) in [4.78, 5) is 33.1.